The van der Waals surface area contributed by atoms with Crippen LogP contribution < -0.4 is 10.1 Å². The second-order valence-electron chi connectivity index (χ2n) is 21.2. The standard InChI is InChI=1S/C50H87N3O15S/c1-15-22-51-29-50(58)35(9)64-40(26-48(50,11)62-14)66-41-32(6)44(67-46-42-38(24-31(5)63-46)53(69(59,60)68-42)28-36-18-20-37(61-13)21-19-36)47(10,56)25-30(4)27-52(23-16-2)34(8)43(54)49(12,57)39(17-3)65-45(55)33(41)7/h18-21,30-35,38-44,46,51,54,56-58H,15-17,22-29H2,1-14H3/t30-,31-,32+,33-,34-,35+,38+,39-,40+,41+,42-,43-,44-,46+,47-,48-,49-,50+/m1/s1. The molecule has 0 aromatic heterocycles. The summed E-state index contributed by atoms with van der Waals surface area (Å²) in [6, 6.07) is 5.83. The first kappa shape index (κ1) is 57.8. The highest BCUT2D eigenvalue weighted by atomic mass is 32.2. The summed E-state index contributed by atoms with van der Waals surface area (Å²) >= 11 is 0. The topological polar surface area (TPSA) is 224 Å². The number of esters is 1. The first-order valence-electron chi connectivity index (χ1n) is 25.2. The van der Waals surface area contributed by atoms with Crippen molar-refractivity contribution in [2.24, 2.45) is 17.8 Å². The van der Waals surface area contributed by atoms with Crippen molar-refractivity contribution in [2.45, 2.75) is 218 Å². The first-order chi connectivity index (χ1) is 32.2. The van der Waals surface area contributed by atoms with Crippen LogP contribution in [0.2, 0.25) is 0 Å². The number of ether oxygens (including phenoxy) is 7. The minimum absolute atomic E-state index is 0.0224. The van der Waals surface area contributed by atoms with Crippen LogP contribution in [0.5, 0.6) is 5.75 Å². The molecule has 0 bridgehead atoms. The molecular formula is C50H87N3O15S. The van der Waals surface area contributed by atoms with Crippen LogP contribution in [-0.2, 0) is 54.2 Å². The quantitative estimate of drug-likeness (QED) is 0.122. The summed E-state index contributed by atoms with van der Waals surface area (Å²) < 4.78 is 79.6. The maximum absolute atomic E-state index is 14.7. The summed E-state index contributed by atoms with van der Waals surface area (Å²) in [6.07, 6.45) is -7.44. The number of carbonyl (C=O) groups is 1. The third-order valence-corrected chi connectivity index (χ3v) is 17.0. The van der Waals surface area contributed by atoms with Gasteiger partial charge in [-0.05, 0) is 117 Å². The van der Waals surface area contributed by atoms with Gasteiger partial charge in [-0.2, -0.15) is 12.7 Å². The SMILES string of the molecule is CCCNC[C@]1(O)[C@H](C)O[C@@H](O[C@H]2[C@H](C)[C@@H](O[C@@H]3O[C@H](C)C[C@H]4[C@H]3OS(=O)(=O)N4Cc3ccc(OC)cc3)[C@](C)(O)C[C@@H](C)CN(CCC)[C@H](C)[C@@H](O)[C@](C)(O)[C@@H](CC)OC(=O)[C@@H]2C)C[C@@]1(C)OC. The van der Waals surface area contributed by atoms with Crippen molar-refractivity contribution in [3.05, 3.63) is 29.8 Å². The van der Waals surface area contributed by atoms with Gasteiger partial charge in [0, 0.05) is 45.1 Å². The van der Waals surface area contributed by atoms with E-state index in [1.54, 1.807) is 72.9 Å². The Morgan fingerprint density at radius 3 is 2.17 bits per heavy atom. The lowest BCUT2D eigenvalue weighted by atomic mass is 9.75. The Morgan fingerprint density at radius 1 is 0.913 bits per heavy atom. The molecule has 69 heavy (non-hydrogen) atoms. The summed E-state index contributed by atoms with van der Waals surface area (Å²) in [5.41, 5.74) is -5.55. The molecule has 4 heterocycles. The second kappa shape index (κ2) is 23.4. The van der Waals surface area contributed by atoms with Crippen LogP contribution in [0.3, 0.4) is 0 Å². The van der Waals surface area contributed by atoms with Gasteiger partial charge < -0.3 is 58.9 Å². The number of benzene rings is 1. The number of nitrogens with one attached hydrogen (secondary N) is 1. The molecule has 0 aliphatic carbocycles. The fourth-order valence-electron chi connectivity index (χ4n) is 11.4. The molecule has 5 N–H and O–H groups in total. The first-order valence-corrected chi connectivity index (χ1v) is 26.6. The number of rotatable bonds is 15. The third kappa shape index (κ3) is 12.6. The molecule has 0 saturated carbocycles. The van der Waals surface area contributed by atoms with Gasteiger partial charge in [0.25, 0.3) is 0 Å². The molecule has 18 nitrogen and oxygen atoms in total. The average Bonchev–Trinajstić information content (AvgIpc) is 3.54. The molecule has 18 atom stereocenters. The van der Waals surface area contributed by atoms with Crippen LogP contribution in [0.1, 0.15) is 127 Å². The van der Waals surface area contributed by atoms with E-state index >= 15 is 0 Å². The predicted octanol–water partition coefficient (Wildman–Crippen LogP) is 4.28. The molecule has 1 aromatic carbocycles. The number of aliphatic hydroxyl groups is 4. The molecule has 1 aromatic rings. The Morgan fingerprint density at radius 2 is 1.58 bits per heavy atom. The second-order valence-corrected chi connectivity index (χ2v) is 22.7. The molecule has 0 amide bonds. The van der Waals surface area contributed by atoms with Gasteiger partial charge in [-0.3, -0.25) is 9.69 Å². The van der Waals surface area contributed by atoms with Crippen LogP contribution in [0.25, 0.3) is 0 Å². The summed E-state index contributed by atoms with van der Waals surface area (Å²) in [4.78, 5) is 16.8. The van der Waals surface area contributed by atoms with Gasteiger partial charge in [0.05, 0.1) is 49.1 Å². The van der Waals surface area contributed by atoms with Gasteiger partial charge in [-0.25, -0.2) is 4.18 Å². The number of aliphatic hydroxyl groups excluding tert-OH is 1. The fourth-order valence-corrected chi connectivity index (χ4v) is 12.8. The maximum Gasteiger partial charge on any atom is 0.339 e. The lowest BCUT2D eigenvalue weighted by molar-refractivity contribution is -0.335. The van der Waals surface area contributed by atoms with E-state index < -0.39 is 118 Å². The molecule has 4 saturated heterocycles. The lowest BCUT2D eigenvalue weighted by Gasteiger charge is -2.53. The zero-order chi connectivity index (χ0) is 51.4. The number of hydrogen-bond acceptors (Lipinski definition) is 17. The van der Waals surface area contributed by atoms with Crippen LogP contribution in [0.15, 0.2) is 24.3 Å². The van der Waals surface area contributed by atoms with E-state index in [4.69, 9.17) is 37.3 Å². The lowest BCUT2D eigenvalue weighted by Crippen LogP contribution is -2.70. The van der Waals surface area contributed by atoms with E-state index in [0.29, 0.717) is 31.8 Å². The van der Waals surface area contributed by atoms with Crippen molar-refractivity contribution in [1.29, 1.82) is 0 Å². The molecule has 4 aliphatic heterocycles. The number of nitrogens with zero attached hydrogens (tertiary/aromatic N) is 2. The monoisotopic (exact) mass is 1000 g/mol. The Bertz CT molecular complexity index is 1910. The van der Waals surface area contributed by atoms with Gasteiger partial charge >= 0.3 is 16.3 Å². The number of hydrogen-bond donors (Lipinski definition) is 5. The normalized spacial score (nSPS) is 43.1. The van der Waals surface area contributed by atoms with E-state index in [2.05, 4.69) is 10.2 Å². The Kier molecular flexibility index (Phi) is 19.6. The number of cyclic esters (lactones) is 1. The molecule has 4 fully saturated rings. The largest absolute Gasteiger partial charge is 0.497 e. The van der Waals surface area contributed by atoms with Gasteiger partial charge in [-0.1, -0.05) is 46.8 Å². The van der Waals surface area contributed by atoms with E-state index in [9.17, 15) is 33.6 Å². The van der Waals surface area contributed by atoms with Gasteiger partial charge in [0.1, 0.15) is 40.9 Å². The van der Waals surface area contributed by atoms with Gasteiger partial charge in [0.15, 0.2) is 12.6 Å². The number of fused-ring (bicyclic) bond motifs is 1. The van der Waals surface area contributed by atoms with Crippen molar-refractivity contribution < 1.29 is 71.0 Å². The zero-order valence-corrected chi connectivity index (χ0v) is 44.6. The van der Waals surface area contributed by atoms with Crippen molar-refractivity contribution in [2.75, 3.05) is 40.4 Å². The van der Waals surface area contributed by atoms with E-state index in [1.807, 2.05) is 34.6 Å². The van der Waals surface area contributed by atoms with E-state index in [-0.39, 0.29) is 38.3 Å². The molecule has 4 aliphatic rings. The smallest absolute Gasteiger partial charge is 0.339 e. The van der Waals surface area contributed by atoms with Crippen LogP contribution in [0, 0.1) is 17.8 Å². The van der Waals surface area contributed by atoms with Crippen LogP contribution in [0.4, 0.5) is 0 Å². The Hall–Kier alpha value is -2.08. The van der Waals surface area contributed by atoms with Gasteiger partial charge in [0.2, 0.25) is 0 Å². The Balaban J connectivity index is 1.61. The van der Waals surface area contributed by atoms with E-state index in [0.717, 1.165) is 18.4 Å². The molecular weight excluding hydrogens is 915 g/mol. The van der Waals surface area contributed by atoms with Crippen molar-refractivity contribution in [3.63, 3.8) is 0 Å². The molecule has 0 unspecified atom stereocenters. The predicted molar refractivity (Wildman–Crippen MR) is 258 cm³/mol. The molecule has 0 spiro atoms. The minimum atomic E-state index is -4.30. The fraction of sp³-hybridized carbons (Fsp3) is 0.860. The summed E-state index contributed by atoms with van der Waals surface area (Å²) in [5.74, 6) is -2.37. The highest BCUT2D eigenvalue weighted by Gasteiger charge is 2.59. The average molecular weight is 1000 g/mol. The molecule has 19 heteroatoms. The summed E-state index contributed by atoms with van der Waals surface area (Å²) in [6.45, 7) is 23.4. The maximum atomic E-state index is 14.7. The van der Waals surface area contributed by atoms with Crippen molar-refractivity contribution in [3.8, 4) is 5.75 Å². The highest BCUT2D eigenvalue weighted by molar-refractivity contribution is 7.84. The molecule has 5 rings (SSSR count). The highest BCUT2D eigenvalue weighted by Crippen LogP contribution is 2.45. The van der Waals surface area contributed by atoms with E-state index in [1.165, 1.54) is 18.3 Å². The van der Waals surface area contributed by atoms with Crippen LogP contribution in [-0.4, -0.2) is 174 Å². The van der Waals surface area contributed by atoms with Gasteiger partial charge in [-0.15, -0.1) is 0 Å². The summed E-state index contributed by atoms with van der Waals surface area (Å²) in [5, 5.41) is 52.5. The summed E-state index contributed by atoms with van der Waals surface area (Å²) in [7, 11) is -1.23. The number of carbonyl (C=O) groups excluding carboxylic acids is 1. The minimum Gasteiger partial charge on any atom is -0.497 e. The Labute approximate surface area is 412 Å². The third-order valence-electron chi connectivity index (χ3n) is 15.5. The van der Waals surface area contributed by atoms with Crippen molar-refractivity contribution in [1.82, 2.24) is 14.5 Å². The zero-order valence-electron chi connectivity index (χ0n) is 43.8. The molecule has 0 radical (unpaired) electrons. The van der Waals surface area contributed by atoms with Crippen LogP contribution >= 0.6 is 0 Å². The number of methoxy groups -OCH3 is 2. The molecule has 398 valence electrons. The van der Waals surface area contributed by atoms with Crippen molar-refractivity contribution >= 4 is 16.3 Å².